The van der Waals surface area contributed by atoms with Gasteiger partial charge in [0.05, 0.1) is 15.7 Å². The Morgan fingerprint density at radius 2 is 1.92 bits per heavy atom. The smallest absolute Gasteiger partial charge is 0.0826 e. The van der Waals surface area contributed by atoms with Crippen LogP contribution in [0.4, 0.5) is 5.69 Å². The van der Waals surface area contributed by atoms with Crippen LogP contribution in [0.2, 0.25) is 10.0 Å². The SMILES string of the molecule is CCNc1ccc(C)c(Cl)c1Cl. The van der Waals surface area contributed by atoms with Crippen LogP contribution in [-0.2, 0) is 0 Å². The molecule has 0 atom stereocenters. The Labute approximate surface area is 82.7 Å². The molecule has 0 radical (unpaired) electrons. The molecule has 0 saturated heterocycles. The fourth-order valence-corrected chi connectivity index (χ4v) is 1.42. The Bertz CT molecular complexity index is 284. The highest BCUT2D eigenvalue weighted by atomic mass is 35.5. The molecule has 0 unspecified atom stereocenters. The molecule has 3 heteroatoms. The maximum absolute atomic E-state index is 5.98. The molecule has 12 heavy (non-hydrogen) atoms. The lowest BCUT2D eigenvalue weighted by atomic mass is 10.2. The van der Waals surface area contributed by atoms with Gasteiger partial charge >= 0.3 is 0 Å². The summed E-state index contributed by atoms with van der Waals surface area (Å²) in [5.41, 5.74) is 1.90. The first-order valence-corrected chi connectivity index (χ1v) is 4.61. The van der Waals surface area contributed by atoms with E-state index in [0.717, 1.165) is 17.8 Å². The van der Waals surface area contributed by atoms with E-state index >= 15 is 0 Å². The lowest BCUT2D eigenvalue weighted by Gasteiger charge is -2.08. The Morgan fingerprint density at radius 3 is 2.50 bits per heavy atom. The predicted molar refractivity (Wildman–Crippen MR) is 55.4 cm³/mol. The second-order valence-electron chi connectivity index (χ2n) is 2.59. The summed E-state index contributed by atoms with van der Waals surface area (Å²) in [7, 11) is 0. The zero-order valence-corrected chi connectivity index (χ0v) is 8.63. The minimum atomic E-state index is 0.610. The maximum Gasteiger partial charge on any atom is 0.0826 e. The molecular formula is C9H11Cl2N. The van der Waals surface area contributed by atoms with Crippen molar-refractivity contribution in [1.82, 2.24) is 0 Å². The van der Waals surface area contributed by atoms with E-state index in [1.165, 1.54) is 0 Å². The molecule has 0 aliphatic carbocycles. The average Bonchev–Trinajstić information content (AvgIpc) is 2.07. The summed E-state index contributed by atoms with van der Waals surface area (Å²) in [6, 6.07) is 3.89. The van der Waals surface area contributed by atoms with Crippen LogP contribution in [0.25, 0.3) is 0 Å². The third kappa shape index (κ3) is 1.85. The number of hydrogen-bond donors (Lipinski definition) is 1. The molecule has 0 spiro atoms. The third-order valence-electron chi connectivity index (χ3n) is 1.64. The highest BCUT2D eigenvalue weighted by Gasteiger charge is 2.05. The molecule has 1 nitrogen and oxygen atoms in total. The lowest BCUT2D eigenvalue weighted by molar-refractivity contribution is 1.21. The van der Waals surface area contributed by atoms with Crippen LogP contribution >= 0.6 is 23.2 Å². The zero-order chi connectivity index (χ0) is 9.14. The molecule has 1 aromatic carbocycles. The summed E-state index contributed by atoms with van der Waals surface area (Å²) in [6.07, 6.45) is 0. The Balaban J connectivity index is 3.08. The van der Waals surface area contributed by atoms with Crippen LogP contribution in [0.15, 0.2) is 12.1 Å². The van der Waals surface area contributed by atoms with Crippen molar-refractivity contribution in [3.63, 3.8) is 0 Å². The minimum absolute atomic E-state index is 0.610. The molecule has 0 fully saturated rings. The zero-order valence-electron chi connectivity index (χ0n) is 7.12. The summed E-state index contributed by atoms with van der Waals surface area (Å²) in [4.78, 5) is 0. The largest absolute Gasteiger partial charge is 0.384 e. The Hall–Kier alpha value is -0.400. The maximum atomic E-state index is 5.98. The lowest BCUT2D eigenvalue weighted by Crippen LogP contribution is -1.97. The van der Waals surface area contributed by atoms with Crippen molar-refractivity contribution < 1.29 is 0 Å². The van der Waals surface area contributed by atoms with Crippen LogP contribution in [0.1, 0.15) is 12.5 Å². The first kappa shape index (κ1) is 9.69. The highest BCUT2D eigenvalue weighted by molar-refractivity contribution is 6.44. The van der Waals surface area contributed by atoms with Gasteiger partial charge < -0.3 is 5.32 Å². The average molecular weight is 204 g/mol. The molecule has 66 valence electrons. The summed E-state index contributed by atoms with van der Waals surface area (Å²) >= 11 is 11.9. The molecule has 1 rings (SSSR count). The van der Waals surface area contributed by atoms with Gasteiger partial charge in [0.25, 0.3) is 0 Å². The van der Waals surface area contributed by atoms with E-state index in [-0.39, 0.29) is 0 Å². The molecule has 1 N–H and O–H groups in total. The van der Waals surface area contributed by atoms with E-state index in [1.54, 1.807) is 0 Å². The van der Waals surface area contributed by atoms with Crippen molar-refractivity contribution in [1.29, 1.82) is 0 Å². The molecule has 1 aromatic rings. The number of hydrogen-bond acceptors (Lipinski definition) is 1. The first-order chi connectivity index (χ1) is 5.66. The number of nitrogens with one attached hydrogen (secondary N) is 1. The van der Waals surface area contributed by atoms with Gasteiger partial charge in [-0.3, -0.25) is 0 Å². The Morgan fingerprint density at radius 1 is 1.25 bits per heavy atom. The standard InChI is InChI=1S/C9H11Cl2N/c1-3-12-7-5-4-6(2)8(10)9(7)11/h4-5,12H,3H2,1-2H3. The monoisotopic (exact) mass is 203 g/mol. The van der Waals surface area contributed by atoms with Crippen LogP contribution in [-0.4, -0.2) is 6.54 Å². The van der Waals surface area contributed by atoms with Gasteiger partial charge in [-0.25, -0.2) is 0 Å². The van der Waals surface area contributed by atoms with Crippen molar-refractivity contribution in [2.75, 3.05) is 11.9 Å². The van der Waals surface area contributed by atoms with Crippen LogP contribution < -0.4 is 5.32 Å². The minimum Gasteiger partial charge on any atom is -0.384 e. The molecule has 0 bridgehead atoms. The second-order valence-corrected chi connectivity index (χ2v) is 3.34. The second kappa shape index (κ2) is 4.01. The number of anilines is 1. The summed E-state index contributed by atoms with van der Waals surface area (Å²) in [6.45, 7) is 4.80. The molecule has 0 aliphatic rings. The molecular weight excluding hydrogens is 193 g/mol. The quantitative estimate of drug-likeness (QED) is 0.773. The van der Waals surface area contributed by atoms with Crippen molar-refractivity contribution in [3.8, 4) is 0 Å². The van der Waals surface area contributed by atoms with Gasteiger partial charge in [0.1, 0.15) is 0 Å². The van der Waals surface area contributed by atoms with E-state index < -0.39 is 0 Å². The molecule has 0 saturated carbocycles. The van der Waals surface area contributed by atoms with Crippen molar-refractivity contribution in [3.05, 3.63) is 27.7 Å². The topological polar surface area (TPSA) is 12.0 Å². The number of rotatable bonds is 2. The number of aryl methyl sites for hydroxylation is 1. The highest BCUT2D eigenvalue weighted by Crippen LogP contribution is 2.32. The number of halogens is 2. The van der Waals surface area contributed by atoms with Gasteiger partial charge in [0.15, 0.2) is 0 Å². The first-order valence-electron chi connectivity index (χ1n) is 3.85. The fourth-order valence-electron chi connectivity index (χ4n) is 0.973. The van der Waals surface area contributed by atoms with E-state index in [0.29, 0.717) is 10.0 Å². The van der Waals surface area contributed by atoms with Crippen molar-refractivity contribution in [2.45, 2.75) is 13.8 Å². The summed E-state index contributed by atoms with van der Waals surface area (Å²) < 4.78 is 0. The summed E-state index contributed by atoms with van der Waals surface area (Å²) in [5, 5.41) is 4.37. The van der Waals surface area contributed by atoms with E-state index in [4.69, 9.17) is 23.2 Å². The number of benzene rings is 1. The fraction of sp³-hybridized carbons (Fsp3) is 0.333. The third-order valence-corrected chi connectivity index (χ3v) is 2.62. The molecule has 0 amide bonds. The van der Waals surface area contributed by atoms with Crippen LogP contribution in [0, 0.1) is 6.92 Å². The predicted octanol–water partition coefficient (Wildman–Crippen LogP) is 3.73. The van der Waals surface area contributed by atoms with Gasteiger partial charge in [0, 0.05) is 6.54 Å². The summed E-state index contributed by atoms with van der Waals surface area (Å²) in [5.74, 6) is 0. The van der Waals surface area contributed by atoms with Gasteiger partial charge in [0.2, 0.25) is 0 Å². The van der Waals surface area contributed by atoms with E-state index in [1.807, 2.05) is 26.0 Å². The van der Waals surface area contributed by atoms with Gasteiger partial charge in [-0.1, -0.05) is 29.3 Å². The molecule has 0 aliphatic heterocycles. The Kier molecular flexibility index (Phi) is 3.24. The van der Waals surface area contributed by atoms with Crippen LogP contribution in [0.5, 0.6) is 0 Å². The van der Waals surface area contributed by atoms with Crippen molar-refractivity contribution >= 4 is 28.9 Å². The van der Waals surface area contributed by atoms with Gasteiger partial charge in [-0.05, 0) is 25.5 Å². The van der Waals surface area contributed by atoms with Crippen LogP contribution in [0.3, 0.4) is 0 Å². The normalized spacial score (nSPS) is 10.0. The van der Waals surface area contributed by atoms with Gasteiger partial charge in [-0.15, -0.1) is 0 Å². The van der Waals surface area contributed by atoms with Gasteiger partial charge in [-0.2, -0.15) is 0 Å². The molecule has 0 aromatic heterocycles. The molecule has 0 heterocycles. The van der Waals surface area contributed by atoms with E-state index in [2.05, 4.69) is 5.32 Å². The van der Waals surface area contributed by atoms with Crippen molar-refractivity contribution in [2.24, 2.45) is 0 Å². The van der Waals surface area contributed by atoms with E-state index in [9.17, 15) is 0 Å².